The van der Waals surface area contributed by atoms with Crippen molar-refractivity contribution in [1.29, 1.82) is 0 Å². The van der Waals surface area contributed by atoms with E-state index in [1.54, 1.807) is 19.5 Å². The van der Waals surface area contributed by atoms with Crippen LogP contribution in [-0.2, 0) is 0 Å². The minimum absolute atomic E-state index is 0.428. The van der Waals surface area contributed by atoms with Crippen LogP contribution >= 0.6 is 0 Å². The van der Waals surface area contributed by atoms with Gasteiger partial charge < -0.3 is 15.0 Å². The van der Waals surface area contributed by atoms with Crippen molar-refractivity contribution in [3.05, 3.63) is 48.9 Å². The fourth-order valence-electron chi connectivity index (χ4n) is 3.34. The first-order valence-corrected chi connectivity index (χ1v) is 8.55. The first-order chi connectivity index (χ1) is 12.3. The number of para-hydroxylation sites is 1. The van der Waals surface area contributed by atoms with Gasteiger partial charge in [0.25, 0.3) is 0 Å². The first-order valence-electron chi connectivity index (χ1n) is 8.55. The van der Waals surface area contributed by atoms with Crippen LogP contribution in [0.5, 0.6) is 5.75 Å². The summed E-state index contributed by atoms with van der Waals surface area (Å²) in [6.07, 6.45) is 7.52. The zero-order valence-corrected chi connectivity index (χ0v) is 14.2. The van der Waals surface area contributed by atoms with Gasteiger partial charge in [0.05, 0.1) is 7.11 Å². The number of nitrogens with one attached hydrogen (secondary N) is 1. The van der Waals surface area contributed by atoms with Gasteiger partial charge in [-0.3, -0.25) is 4.98 Å². The number of hydrogen-bond acceptors (Lipinski definition) is 6. The summed E-state index contributed by atoms with van der Waals surface area (Å²) in [6.45, 7) is 1.90. The number of nitrogens with zero attached hydrogens (tertiary/aromatic N) is 4. The molecule has 128 valence electrons. The number of benzene rings is 1. The maximum atomic E-state index is 5.42. The largest absolute Gasteiger partial charge is 0.494 e. The molecule has 3 heterocycles. The van der Waals surface area contributed by atoms with Crippen LogP contribution in [0.4, 0.5) is 11.6 Å². The number of piperidine rings is 1. The van der Waals surface area contributed by atoms with E-state index in [2.05, 4.69) is 31.2 Å². The minimum atomic E-state index is 0.428. The molecule has 0 aliphatic carbocycles. The molecule has 0 atom stereocenters. The molecule has 3 aromatic rings. The monoisotopic (exact) mass is 335 g/mol. The number of fused-ring (bicyclic) bond motifs is 1. The molecule has 1 saturated heterocycles. The van der Waals surface area contributed by atoms with Crippen molar-refractivity contribution in [3.63, 3.8) is 0 Å². The van der Waals surface area contributed by atoms with Crippen LogP contribution in [0.15, 0.2) is 48.9 Å². The highest BCUT2D eigenvalue weighted by molar-refractivity contribution is 5.94. The SMILES string of the molecule is COc1cccc2c(NC3CCN(c4ncccn4)CC3)ccnc12. The molecule has 0 radical (unpaired) electrons. The smallest absolute Gasteiger partial charge is 0.225 e. The number of anilines is 2. The summed E-state index contributed by atoms with van der Waals surface area (Å²) in [6, 6.07) is 10.3. The lowest BCUT2D eigenvalue weighted by atomic mass is 10.0. The lowest BCUT2D eigenvalue weighted by Gasteiger charge is -2.33. The van der Waals surface area contributed by atoms with Crippen LogP contribution in [0.25, 0.3) is 10.9 Å². The molecule has 6 heteroatoms. The number of rotatable bonds is 4. The highest BCUT2D eigenvalue weighted by atomic mass is 16.5. The molecule has 0 unspecified atom stereocenters. The van der Waals surface area contributed by atoms with Crippen molar-refractivity contribution in [2.75, 3.05) is 30.4 Å². The number of methoxy groups -OCH3 is 1. The van der Waals surface area contributed by atoms with E-state index in [4.69, 9.17) is 4.74 Å². The standard InChI is InChI=1S/C19H21N5O/c1-25-17-5-2-4-15-16(6-11-20-18(15)17)23-14-7-12-24(13-8-14)19-21-9-3-10-22-19/h2-6,9-11,14H,7-8,12-13H2,1H3,(H,20,23). The Morgan fingerprint density at radius 1 is 1.00 bits per heavy atom. The lowest BCUT2D eigenvalue weighted by molar-refractivity contribution is 0.419. The molecule has 1 N–H and O–H groups in total. The Morgan fingerprint density at radius 3 is 2.56 bits per heavy atom. The molecule has 1 aromatic carbocycles. The third-order valence-corrected chi connectivity index (χ3v) is 4.64. The summed E-state index contributed by atoms with van der Waals surface area (Å²) < 4.78 is 5.42. The summed E-state index contributed by atoms with van der Waals surface area (Å²) in [5, 5.41) is 4.78. The van der Waals surface area contributed by atoms with Gasteiger partial charge in [0.1, 0.15) is 11.3 Å². The maximum absolute atomic E-state index is 5.42. The minimum Gasteiger partial charge on any atom is -0.494 e. The van der Waals surface area contributed by atoms with Gasteiger partial charge in [-0.25, -0.2) is 9.97 Å². The molecule has 0 spiro atoms. The number of hydrogen-bond donors (Lipinski definition) is 1. The second-order valence-corrected chi connectivity index (χ2v) is 6.17. The summed E-state index contributed by atoms with van der Waals surface area (Å²) in [4.78, 5) is 15.4. The average Bonchev–Trinajstić information content (AvgIpc) is 2.69. The summed E-state index contributed by atoms with van der Waals surface area (Å²) in [5.41, 5.74) is 2.00. The van der Waals surface area contributed by atoms with Crippen LogP contribution in [0.3, 0.4) is 0 Å². The van der Waals surface area contributed by atoms with E-state index in [-0.39, 0.29) is 0 Å². The number of pyridine rings is 1. The zero-order chi connectivity index (χ0) is 17.1. The molecule has 0 saturated carbocycles. The van der Waals surface area contributed by atoms with Gasteiger partial charge >= 0.3 is 0 Å². The highest BCUT2D eigenvalue weighted by Gasteiger charge is 2.21. The van der Waals surface area contributed by atoms with Crippen LogP contribution in [0, 0.1) is 0 Å². The Hall–Kier alpha value is -2.89. The highest BCUT2D eigenvalue weighted by Crippen LogP contribution is 2.30. The fourth-order valence-corrected chi connectivity index (χ4v) is 3.34. The topological polar surface area (TPSA) is 63.2 Å². The van der Waals surface area contributed by atoms with Crippen molar-refractivity contribution >= 4 is 22.5 Å². The van der Waals surface area contributed by atoms with Crippen molar-refractivity contribution in [2.45, 2.75) is 18.9 Å². The van der Waals surface area contributed by atoms with Crippen LogP contribution in [-0.4, -0.2) is 41.2 Å². The molecule has 2 aromatic heterocycles. The van der Waals surface area contributed by atoms with E-state index in [0.717, 1.165) is 54.2 Å². The van der Waals surface area contributed by atoms with Gasteiger partial charge in [-0.1, -0.05) is 12.1 Å². The molecule has 0 bridgehead atoms. The molecule has 0 amide bonds. The predicted octanol–water partition coefficient (Wildman–Crippen LogP) is 3.11. The third-order valence-electron chi connectivity index (χ3n) is 4.64. The Morgan fingerprint density at radius 2 is 1.80 bits per heavy atom. The zero-order valence-electron chi connectivity index (χ0n) is 14.2. The van der Waals surface area contributed by atoms with Gasteiger partial charge in [0, 0.05) is 48.8 Å². The third kappa shape index (κ3) is 3.20. The van der Waals surface area contributed by atoms with Gasteiger partial charge in [-0.2, -0.15) is 0 Å². The summed E-state index contributed by atoms with van der Waals surface area (Å²) >= 11 is 0. The van der Waals surface area contributed by atoms with E-state index in [0.29, 0.717) is 6.04 Å². The van der Waals surface area contributed by atoms with Gasteiger partial charge in [0.2, 0.25) is 5.95 Å². The number of aromatic nitrogens is 3. The Labute approximate surface area is 146 Å². The van der Waals surface area contributed by atoms with Gasteiger partial charge in [-0.15, -0.1) is 0 Å². The number of ether oxygens (including phenoxy) is 1. The van der Waals surface area contributed by atoms with E-state index in [9.17, 15) is 0 Å². The molecule has 1 aliphatic rings. The Kier molecular flexibility index (Phi) is 4.33. The van der Waals surface area contributed by atoms with Crippen molar-refractivity contribution in [1.82, 2.24) is 15.0 Å². The fraction of sp³-hybridized carbons (Fsp3) is 0.316. The quantitative estimate of drug-likeness (QED) is 0.790. The molecule has 4 rings (SSSR count). The van der Waals surface area contributed by atoms with Crippen LogP contribution in [0.1, 0.15) is 12.8 Å². The molecule has 1 aliphatic heterocycles. The average molecular weight is 335 g/mol. The Bertz CT molecular complexity index is 847. The molecule has 25 heavy (non-hydrogen) atoms. The second kappa shape index (κ2) is 6.93. The maximum Gasteiger partial charge on any atom is 0.225 e. The van der Waals surface area contributed by atoms with Crippen LogP contribution < -0.4 is 15.0 Å². The van der Waals surface area contributed by atoms with Gasteiger partial charge in [-0.05, 0) is 31.0 Å². The Balaban J connectivity index is 1.48. The normalized spacial score (nSPS) is 15.3. The van der Waals surface area contributed by atoms with Gasteiger partial charge in [0.15, 0.2) is 0 Å². The summed E-state index contributed by atoms with van der Waals surface area (Å²) in [5.74, 6) is 1.62. The predicted molar refractivity (Wildman–Crippen MR) is 99.2 cm³/mol. The van der Waals surface area contributed by atoms with Crippen LogP contribution in [0.2, 0.25) is 0 Å². The van der Waals surface area contributed by atoms with Crippen molar-refractivity contribution in [3.8, 4) is 5.75 Å². The van der Waals surface area contributed by atoms with E-state index in [1.807, 2.05) is 30.5 Å². The molecule has 1 fully saturated rings. The summed E-state index contributed by atoms with van der Waals surface area (Å²) in [7, 11) is 1.68. The van der Waals surface area contributed by atoms with E-state index < -0.39 is 0 Å². The molecule has 6 nitrogen and oxygen atoms in total. The second-order valence-electron chi connectivity index (χ2n) is 6.17. The molecular weight excluding hydrogens is 314 g/mol. The van der Waals surface area contributed by atoms with Crippen molar-refractivity contribution < 1.29 is 4.74 Å². The lowest BCUT2D eigenvalue weighted by Crippen LogP contribution is -2.39. The van der Waals surface area contributed by atoms with Crippen molar-refractivity contribution in [2.24, 2.45) is 0 Å². The first kappa shape index (κ1) is 15.6. The van der Waals surface area contributed by atoms with E-state index in [1.165, 1.54) is 0 Å². The van der Waals surface area contributed by atoms with E-state index >= 15 is 0 Å². The molecular formula is C19H21N5O.